The number of aliphatic hydroxyl groups excluding tert-OH is 1. The van der Waals surface area contributed by atoms with Gasteiger partial charge in [-0.05, 0) is 0 Å². The first-order chi connectivity index (χ1) is 8.17. The smallest absolute Gasteiger partial charge is 0.410 e. The van der Waals surface area contributed by atoms with Crippen molar-refractivity contribution >= 4 is 11.9 Å². The predicted octanol–water partition coefficient (Wildman–Crippen LogP) is -0.103. The average Bonchev–Trinajstić information content (AvgIpc) is 2.88. The van der Waals surface area contributed by atoms with E-state index in [0.717, 1.165) is 0 Å². The molecule has 0 saturated carbocycles. The van der Waals surface area contributed by atoms with Gasteiger partial charge in [0.1, 0.15) is 25.1 Å². The van der Waals surface area contributed by atoms with Crippen molar-refractivity contribution in [1.29, 1.82) is 0 Å². The number of nitrogens with zero attached hydrogens (tertiary/aromatic N) is 4. The van der Waals surface area contributed by atoms with Crippen LogP contribution in [0.25, 0.3) is 0 Å². The standard InChI is InChI=1S/C8H9N5O4/c14-3-7-10-5(4-17-7)2-13-9-1-6(12-13)11-8(15)16/h1,4,14H,2-3H2,(H,11,12)(H,15,16). The van der Waals surface area contributed by atoms with Crippen LogP contribution in [0.5, 0.6) is 0 Å². The lowest BCUT2D eigenvalue weighted by molar-refractivity contribution is 0.209. The second kappa shape index (κ2) is 4.61. The first-order valence-electron chi connectivity index (χ1n) is 4.61. The third-order valence-corrected chi connectivity index (χ3v) is 1.81. The molecule has 2 aromatic heterocycles. The lowest BCUT2D eigenvalue weighted by Crippen LogP contribution is -2.09. The van der Waals surface area contributed by atoms with Crippen LogP contribution in [0.4, 0.5) is 10.6 Å². The number of carbonyl (C=O) groups is 1. The van der Waals surface area contributed by atoms with Gasteiger partial charge in [0.05, 0.1) is 6.20 Å². The molecule has 0 aliphatic heterocycles. The third kappa shape index (κ3) is 2.78. The maximum Gasteiger partial charge on any atom is 0.410 e. The minimum absolute atomic E-state index is 0.128. The molecule has 0 atom stereocenters. The highest BCUT2D eigenvalue weighted by Gasteiger charge is 2.07. The fourth-order valence-electron chi connectivity index (χ4n) is 1.18. The Morgan fingerprint density at radius 2 is 2.41 bits per heavy atom. The van der Waals surface area contributed by atoms with E-state index >= 15 is 0 Å². The van der Waals surface area contributed by atoms with Crippen molar-refractivity contribution in [3.8, 4) is 0 Å². The van der Waals surface area contributed by atoms with Gasteiger partial charge in [0.2, 0.25) is 5.89 Å². The van der Waals surface area contributed by atoms with E-state index in [4.69, 9.17) is 14.6 Å². The Bertz CT molecular complexity index is 519. The zero-order chi connectivity index (χ0) is 12.3. The van der Waals surface area contributed by atoms with Crippen LogP contribution in [0.1, 0.15) is 11.6 Å². The van der Waals surface area contributed by atoms with Crippen LogP contribution in [0.3, 0.4) is 0 Å². The monoisotopic (exact) mass is 239 g/mol. The van der Waals surface area contributed by atoms with E-state index in [1.54, 1.807) is 0 Å². The van der Waals surface area contributed by atoms with Gasteiger partial charge in [-0.1, -0.05) is 0 Å². The second-order valence-corrected chi connectivity index (χ2v) is 3.08. The molecular formula is C8H9N5O4. The highest BCUT2D eigenvalue weighted by Crippen LogP contribution is 2.05. The van der Waals surface area contributed by atoms with Crippen LogP contribution in [0, 0.1) is 0 Å². The number of amides is 1. The van der Waals surface area contributed by atoms with E-state index in [1.807, 2.05) is 0 Å². The second-order valence-electron chi connectivity index (χ2n) is 3.08. The molecular weight excluding hydrogens is 230 g/mol. The Labute approximate surface area is 94.7 Å². The van der Waals surface area contributed by atoms with E-state index in [9.17, 15) is 4.79 Å². The molecule has 0 aliphatic carbocycles. The van der Waals surface area contributed by atoms with Gasteiger partial charge in [0.25, 0.3) is 0 Å². The molecule has 0 aromatic carbocycles. The van der Waals surface area contributed by atoms with Gasteiger partial charge in [-0.3, -0.25) is 5.32 Å². The Hall–Kier alpha value is -2.42. The van der Waals surface area contributed by atoms with E-state index < -0.39 is 6.09 Å². The zero-order valence-corrected chi connectivity index (χ0v) is 8.57. The number of rotatable bonds is 4. The summed E-state index contributed by atoms with van der Waals surface area (Å²) in [5.74, 6) is 0.333. The SMILES string of the molecule is O=C(O)Nc1cnn(Cc2coc(CO)n2)n1. The van der Waals surface area contributed by atoms with E-state index in [-0.39, 0.29) is 24.9 Å². The van der Waals surface area contributed by atoms with Gasteiger partial charge in [-0.15, -0.1) is 5.10 Å². The quantitative estimate of drug-likeness (QED) is 0.679. The molecule has 17 heavy (non-hydrogen) atoms. The third-order valence-electron chi connectivity index (χ3n) is 1.81. The summed E-state index contributed by atoms with van der Waals surface area (Å²) in [7, 11) is 0. The lowest BCUT2D eigenvalue weighted by atomic mass is 10.5. The van der Waals surface area contributed by atoms with Crippen LogP contribution in [-0.2, 0) is 13.2 Å². The van der Waals surface area contributed by atoms with Crippen LogP contribution in [0.2, 0.25) is 0 Å². The molecule has 1 amide bonds. The summed E-state index contributed by atoms with van der Waals surface area (Å²) in [6.45, 7) is -0.0524. The minimum atomic E-state index is -1.21. The van der Waals surface area contributed by atoms with Crippen LogP contribution >= 0.6 is 0 Å². The molecule has 2 heterocycles. The molecule has 2 rings (SSSR count). The largest absolute Gasteiger partial charge is 0.465 e. The van der Waals surface area contributed by atoms with E-state index in [0.29, 0.717) is 5.69 Å². The molecule has 0 aliphatic rings. The number of hydrogen-bond acceptors (Lipinski definition) is 6. The van der Waals surface area contributed by atoms with Crippen molar-refractivity contribution in [2.45, 2.75) is 13.2 Å². The fourth-order valence-corrected chi connectivity index (χ4v) is 1.18. The highest BCUT2D eigenvalue weighted by molar-refractivity contribution is 5.80. The normalized spacial score (nSPS) is 10.4. The number of anilines is 1. The summed E-state index contributed by atoms with van der Waals surface area (Å²) in [4.78, 5) is 15.5. The number of hydrogen-bond donors (Lipinski definition) is 3. The highest BCUT2D eigenvalue weighted by atomic mass is 16.4. The molecule has 90 valence electrons. The first-order valence-corrected chi connectivity index (χ1v) is 4.61. The predicted molar refractivity (Wildman–Crippen MR) is 53.2 cm³/mol. The van der Waals surface area contributed by atoms with Gasteiger partial charge in [-0.2, -0.15) is 9.90 Å². The zero-order valence-electron chi connectivity index (χ0n) is 8.57. The molecule has 0 radical (unpaired) electrons. The molecule has 0 fully saturated rings. The summed E-state index contributed by atoms with van der Waals surface area (Å²) in [6, 6.07) is 0. The number of carboxylic acid groups (broad SMARTS) is 1. The lowest BCUT2D eigenvalue weighted by Gasteiger charge is -1.94. The summed E-state index contributed by atoms with van der Waals surface area (Å²) in [6.07, 6.45) is 1.45. The minimum Gasteiger partial charge on any atom is -0.465 e. The van der Waals surface area contributed by atoms with Gasteiger partial charge in [0, 0.05) is 0 Å². The molecule has 0 bridgehead atoms. The number of oxazole rings is 1. The maximum absolute atomic E-state index is 10.3. The van der Waals surface area contributed by atoms with Gasteiger partial charge in [-0.25, -0.2) is 9.78 Å². The summed E-state index contributed by atoms with van der Waals surface area (Å²) < 4.78 is 4.92. The van der Waals surface area contributed by atoms with Crippen molar-refractivity contribution in [2.24, 2.45) is 0 Å². The van der Waals surface area contributed by atoms with Crippen molar-refractivity contribution in [3.05, 3.63) is 24.0 Å². The maximum atomic E-state index is 10.3. The fraction of sp³-hybridized carbons (Fsp3) is 0.250. The van der Waals surface area contributed by atoms with Gasteiger partial charge < -0.3 is 14.6 Å². The molecule has 0 unspecified atom stereocenters. The topological polar surface area (TPSA) is 126 Å². The average molecular weight is 239 g/mol. The Morgan fingerprint density at radius 3 is 3.06 bits per heavy atom. The number of aliphatic hydroxyl groups is 1. The Morgan fingerprint density at radius 1 is 1.59 bits per heavy atom. The summed E-state index contributed by atoms with van der Waals surface area (Å²) in [5.41, 5.74) is 0.534. The molecule has 9 heteroatoms. The van der Waals surface area contributed by atoms with Crippen molar-refractivity contribution in [1.82, 2.24) is 20.0 Å². The van der Waals surface area contributed by atoms with Crippen molar-refractivity contribution < 1.29 is 19.4 Å². The first kappa shape index (κ1) is 11.1. The molecule has 9 nitrogen and oxygen atoms in total. The van der Waals surface area contributed by atoms with Crippen molar-refractivity contribution in [3.63, 3.8) is 0 Å². The summed E-state index contributed by atoms with van der Waals surface area (Å²) >= 11 is 0. The van der Waals surface area contributed by atoms with E-state index in [2.05, 4.69) is 20.5 Å². The van der Waals surface area contributed by atoms with Crippen molar-refractivity contribution in [2.75, 3.05) is 5.32 Å². The molecule has 3 N–H and O–H groups in total. The van der Waals surface area contributed by atoms with Crippen LogP contribution in [0.15, 0.2) is 16.9 Å². The molecule has 0 saturated heterocycles. The van der Waals surface area contributed by atoms with Gasteiger partial charge in [0.15, 0.2) is 5.82 Å². The Kier molecular flexibility index (Phi) is 3.01. The van der Waals surface area contributed by atoms with Crippen LogP contribution in [-0.4, -0.2) is 36.3 Å². The van der Waals surface area contributed by atoms with E-state index in [1.165, 1.54) is 17.3 Å². The number of nitrogens with one attached hydrogen (secondary N) is 1. The molecule has 0 spiro atoms. The Balaban J connectivity index is 2.03. The van der Waals surface area contributed by atoms with Crippen LogP contribution < -0.4 is 5.32 Å². The van der Waals surface area contributed by atoms with Gasteiger partial charge >= 0.3 is 6.09 Å². The number of aromatic nitrogens is 4. The molecule has 2 aromatic rings. The summed E-state index contributed by atoms with van der Waals surface area (Å²) in [5, 5.41) is 27.0.